The van der Waals surface area contributed by atoms with Gasteiger partial charge in [0.2, 0.25) is 0 Å². The van der Waals surface area contributed by atoms with Crippen LogP contribution in [0.5, 0.6) is 5.75 Å². The average molecular weight is 318 g/mol. The van der Waals surface area contributed by atoms with Crippen LogP contribution in [0.25, 0.3) is 0 Å². The first-order chi connectivity index (χ1) is 10.9. The van der Waals surface area contributed by atoms with Crippen molar-refractivity contribution in [2.75, 3.05) is 7.05 Å². The molecule has 0 radical (unpaired) electrons. The van der Waals surface area contributed by atoms with E-state index in [9.17, 15) is 5.11 Å². The molecule has 1 unspecified atom stereocenters. The van der Waals surface area contributed by atoms with Gasteiger partial charge in [-0.25, -0.2) is 0 Å². The van der Waals surface area contributed by atoms with E-state index in [0.717, 1.165) is 18.9 Å². The number of hydrogen-bond donors (Lipinski definition) is 1. The molecule has 0 heterocycles. The van der Waals surface area contributed by atoms with E-state index in [-0.39, 0.29) is 0 Å². The van der Waals surface area contributed by atoms with Crippen LogP contribution in [0.4, 0.5) is 0 Å². The fourth-order valence-electron chi connectivity index (χ4n) is 2.73. The second-order valence-electron chi connectivity index (χ2n) is 7.34. The van der Waals surface area contributed by atoms with E-state index in [1.165, 1.54) is 31.2 Å². The average Bonchev–Trinajstić information content (AvgIpc) is 2.49. The highest BCUT2D eigenvalue weighted by molar-refractivity contribution is 5.25. The molecule has 1 atom stereocenters. The number of hydrogen-bond acceptors (Lipinski definition) is 2. The van der Waals surface area contributed by atoms with Crippen LogP contribution in [0, 0.1) is 5.92 Å². The van der Waals surface area contributed by atoms with Crippen LogP contribution in [0.15, 0.2) is 35.9 Å². The van der Waals surface area contributed by atoms with Crippen LogP contribution in [0.2, 0.25) is 0 Å². The molecule has 1 aromatic rings. The Bertz CT molecular complexity index is 461. The van der Waals surface area contributed by atoms with Gasteiger partial charge in [0.1, 0.15) is 5.75 Å². The summed E-state index contributed by atoms with van der Waals surface area (Å²) in [5, 5.41) is 9.34. The minimum absolute atomic E-state index is 0.336. The van der Waals surface area contributed by atoms with Crippen molar-refractivity contribution in [1.29, 1.82) is 0 Å². The Hall–Kier alpha value is -1.28. The Balaban J connectivity index is 2.29. The molecule has 2 nitrogen and oxygen atoms in total. The molecule has 1 aromatic carbocycles. The highest BCUT2D eigenvalue weighted by Crippen LogP contribution is 2.16. The number of nitrogens with zero attached hydrogens (tertiary/aromatic N) is 1. The summed E-state index contributed by atoms with van der Waals surface area (Å²) in [7, 11) is 2.18. The summed E-state index contributed by atoms with van der Waals surface area (Å²) in [4.78, 5) is 2.38. The number of allylic oxidation sites excluding steroid dienone is 2. The standard InChI is InChI=1S/C21H35NO/c1-17(2)8-6-9-18(3)10-7-11-19(4)22(5)16-20-12-14-21(23)15-13-20/h10,12-15,17,19,23H,6-9,11,16H2,1-5H3/b18-10+. The quantitative estimate of drug-likeness (QED) is 0.554. The molecule has 1 rings (SSSR count). The molecule has 0 aliphatic carbocycles. The molecule has 0 amide bonds. The van der Waals surface area contributed by atoms with E-state index in [2.05, 4.69) is 45.7 Å². The van der Waals surface area contributed by atoms with Crippen LogP contribution >= 0.6 is 0 Å². The third-order valence-corrected chi connectivity index (χ3v) is 4.55. The normalized spacial score (nSPS) is 13.8. The lowest BCUT2D eigenvalue weighted by atomic mass is 10.0. The fraction of sp³-hybridized carbons (Fsp3) is 0.619. The minimum atomic E-state index is 0.336. The Kier molecular flexibility index (Phi) is 9.01. The van der Waals surface area contributed by atoms with Gasteiger partial charge in [0.05, 0.1) is 0 Å². The molecule has 23 heavy (non-hydrogen) atoms. The van der Waals surface area contributed by atoms with Crippen LogP contribution in [-0.2, 0) is 6.54 Å². The van der Waals surface area contributed by atoms with Crippen molar-refractivity contribution in [2.45, 2.75) is 72.4 Å². The first kappa shape index (κ1) is 19.8. The number of rotatable bonds is 10. The van der Waals surface area contributed by atoms with Gasteiger partial charge in [0.15, 0.2) is 0 Å². The Labute approximate surface area is 143 Å². The summed E-state index contributed by atoms with van der Waals surface area (Å²) in [6.45, 7) is 10.1. The molecule has 0 aliphatic rings. The zero-order chi connectivity index (χ0) is 17.2. The van der Waals surface area contributed by atoms with Crippen molar-refractivity contribution in [2.24, 2.45) is 5.92 Å². The highest BCUT2D eigenvalue weighted by Gasteiger charge is 2.09. The first-order valence-electron chi connectivity index (χ1n) is 9.02. The maximum atomic E-state index is 9.34. The van der Waals surface area contributed by atoms with Crippen LogP contribution < -0.4 is 0 Å². The smallest absolute Gasteiger partial charge is 0.115 e. The molecule has 0 fully saturated rings. The third kappa shape index (κ3) is 8.80. The van der Waals surface area contributed by atoms with Crippen molar-refractivity contribution in [3.63, 3.8) is 0 Å². The fourth-order valence-corrected chi connectivity index (χ4v) is 2.73. The van der Waals surface area contributed by atoms with Crippen LogP contribution in [0.1, 0.15) is 65.4 Å². The van der Waals surface area contributed by atoms with E-state index in [1.54, 1.807) is 17.7 Å². The maximum absolute atomic E-state index is 9.34. The van der Waals surface area contributed by atoms with E-state index < -0.39 is 0 Å². The van der Waals surface area contributed by atoms with Gasteiger partial charge in [-0.1, -0.05) is 44.1 Å². The van der Waals surface area contributed by atoms with E-state index in [1.807, 2.05) is 12.1 Å². The monoisotopic (exact) mass is 317 g/mol. The SMILES string of the molecule is C/C(=C\CCC(C)N(C)Cc1ccc(O)cc1)CCCC(C)C. The lowest BCUT2D eigenvalue weighted by molar-refractivity contribution is 0.239. The van der Waals surface area contributed by atoms with E-state index in [4.69, 9.17) is 0 Å². The topological polar surface area (TPSA) is 23.5 Å². The zero-order valence-corrected chi connectivity index (χ0v) is 15.7. The summed E-state index contributed by atoms with van der Waals surface area (Å²) >= 11 is 0. The lowest BCUT2D eigenvalue weighted by Crippen LogP contribution is -2.28. The lowest BCUT2D eigenvalue weighted by Gasteiger charge is -2.24. The van der Waals surface area contributed by atoms with Crippen molar-refractivity contribution >= 4 is 0 Å². The van der Waals surface area contributed by atoms with Gasteiger partial charge >= 0.3 is 0 Å². The summed E-state index contributed by atoms with van der Waals surface area (Å²) in [5.41, 5.74) is 2.79. The molecular weight excluding hydrogens is 282 g/mol. The summed E-state index contributed by atoms with van der Waals surface area (Å²) < 4.78 is 0. The van der Waals surface area contributed by atoms with E-state index in [0.29, 0.717) is 11.8 Å². The Morgan fingerprint density at radius 2 is 1.78 bits per heavy atom. The first-order valence-corrected chi connectivity index (χ1v) is 9.02. The molecular formula is C21H35NO. The second kappa shape index (κ2) is 10.5. The summed E-state index contributed by atoms with van der Waals surface area (Å²) in [6, 6.07) is 8.08. The van der Waals surface area contributed by atoms with Gasteiger partial charge < -0.3 is 5.11 Å². The molecule has 2 heteroatoms. The largest absolute Gasteiger partial charge is 0.508 e. The van der Waals surface area contributed by atoms with Gasteiger partial charge in [0, 0.05) is 12.6 Å². The number of aromatic hydroxyl groups is 1. The van der Waals surface area contributed by atoms with Gasteiger partial charge in [0.25, 0.3) is 0 Å². The van der Waals surface area contributed by atoms with Gasteiger partial charge in [-0.3, -0.25) is 4.90 Å². The van der Waals surface area contributed by atoms with Crippen molar-refractivity contribution in [1.82, 2.24) is 4.90 Å². The predicted octanol–water partition coefficient (Wildman–Crippen LogP) is 5.77. The van der Waals surface area contributed by atoms with Crippen LogP contribution in [-0.4, -0.2) is 23.1 Å². The van der Waals surface area contributed by atoms with Crippen molar-refractivity contribution < 1.29 is 5.11 Å². The Morgan fingerprint density at radius 3 is 2.39 bits per heavy atom. The van der Waals surface area contributed by atoms with Crippen molar-refractivity contribution in [3.8, 4) is 5.75 Å². The molecule has 0 saturated carbocycles. The van der Waals surface area contributed by atoms with E-state index >= 15 is 0 Å². The van der Waals surface area contributed by atoms with Gasteiger partial charge in [-0.2, -0.15) is 0 Å². The molecule has 130 valence electrons. The molecule has 0 spiro atoms. The van der Waals surface area contributed by atoms with Gasteiger partial charge in [-0.15, -0.1) is 0 Å². The summed E-state index contributed by atoms with van der Waals surface area (Å²) in [6.07, 6.45) is 8.67. The molecule has 0 bridgehead atoms. The molecule has 1 N–H and O–H groups in total. The third-order valence-electron chi connectivity index (χ3n) is 4.55. The predicted molar refractivity (Wildman–Crippen MR) is 101 cm³/mol. The second-order valence-corrected chi connectivity index (χ2v) is 7.34. The Morgan fingerprint density at radius 1 is 1.13 bits per heavy atom. The van der Waals surface area contributed by atoms with Crippen molar-refractivity contribution in [3.05, 3.63) is 41.5 Å². The number of benzene rings is 1. The minimum Gasteiger partial charge on any atom is -0.508 e. The number of phenolic OH excluding ortho intramolecular Hbond substituents is 1. The number of phenols is 1. The van der Waals surface area contributed by atoms with Crippen LogP contribution in [0.3, 0.4) is 0 Å². The van der Waals surface area contributed by atoms with Gasteiger partial charge in [-0.05, 0) is 70.2 Å². The summed E-state index contributed by atoms with van der Waals surface area (Å²) in [5.74, 6) is 1.15. The molecule has 0 aromatic heterocycles. The molecule has 0 aliphatic heterocycles. The molecule has 0 saturated heterocycles. The zero-order valence-electron chi connectivity index (χ0n) is 15.7. The maximum Gasteiger partial charge on any atom is 0.115 e. The highest BCUT2D eigenvalue weighted by atomic mass is 16.3.